The number of hydrogen-bond acceptors (Lipinski definition) is 4. The fourth-order valence-electron chi connectivity index (χ4n) is 2.79. The topological polar surface area (TPSA) is 71.5 Å². The Morgan fingerprint density at radius 1 is 1.04 bits per heavy atom. The van der Waals surface area contributed by atoms with E-state index in [4.69, 9.17) is 4.74 Å². The van der Waals surface area contributed by atoms with Crippen molar-refractivity contribution in [3.63, 3.8) is 0 Å². The first-order chi connectivity index (χ1) is 13.6. The third-order valence-electron chi connectivity index (χ3n) is 4.20. The number of rotatable bonds is 6. The number of aromatic nitrogens is 1. The SMILES string of the molecule is CCN(C(=O)c1ccnc(C(=O)Nc2cccc(OC)c2)c1)c1ccccc1. The van der Waals surface area contributed by atoms with E-state index in [9.17, 15) is 9.59 Å². The minimum Gasteiger partial charge on any atom is -0.497 e. The maximum atomic E-state index is 12.9. The Balaban J connectivity index is 1.81. The van der Waals surface area contributed by atoms with Crippen molar-refractivity contribution < 1.29 is 14.3 Å². The van der Waals surface area contributed by atoms with Crippen LogP contribution in [0, 0.1) is 0 Å². The Morgan fingerprint density at radius 2 is 1.82 bits per heavy atom. The molecule has 28 heavy (non-hydrogen) atoms. The van der Waals surface area contributed by atoms with E-state index in [1.54, 1.807) is 42.3 Å². The first-order valence-corrected chi connectivity index (χ1v) is 8.90. The molecule has 3 rings (SSSR count). The number of carbonyl (C=O) groups is 2. The van der Waals surface area contributed by atoms with Crippen LogP contribution in [0.3, 0.4) is 0 Å². The standard InChI is InChI=1S/C22H21N3O3/c1-3-25(18-9-5-4-6-10-18)22(27)16-12-13-23-20(14-16)21(26)24-17-8-7-11-19(15-17)28-2/h4-15H,3H2,1-2H3,(H,24,26). The monoisotopic (exact) mass is 375 g/mol. The van der Waals surface area contributed by atoms with E-state index in [2.05, 4.69) is 10.3 Å². The zero-order chi connectivity index (χ0) is 19.9. The zero-order valence-electron chi connectivity index (χ0n) is 15.8. The van der Waals surface area contributed by atoms with E-state index in [1.165, 1.54) is 12.3 Å². The molecule has 0 bridgehead atoms. The van der Waals surface area contributed by atoms with Gasteiger partial charge in [-0.2, -0.15) is 0 Å². The largest absolute Gasteiger partial charge is 0.497 e. The molecule has 2 aromatic carbocycles. The van der Waals surface area contributed by atoms with Crippen LogP contribution in [0.4, 0.5) is 11.4 Å². The van der Waals surface area contributed by atoms with Crippen molar-refractivity contribution in [1.29, 1.82) is 0 Å². The maximum absolute atomic E-state index is 12.9. The van der Waals surface area contributed by atoms with Crippen LogP contribution in [0.25, 0.3) is 0 Å². The highest BCUT2D eigenvalue weighted by Gasteiger charge is 2.18. The molecule has 0 radical (unpaired) electrons. The molecule has 1 aromatic heterocycles. The van der Waals surface area contributed by atoms with Crippen LogP contribution in [0.5, 0.6) is 5.75 Å². The molecule has 0 aliphatic heterocycles. The number of amides is 2. The van der Waals surface area contributed by atoms with Gasteiger partial charge in [-0.1, -0.05) is 24.3 Å². The van der Waals surface area contributed by atoms with E-state index in [0.717, 1.165) is 5.69 Å². The molecular formula is C22H21N3O3. The van der Waals surface area contributed by atoms with Crippen LogP contribution in [0.2, 0.25) is 0 Å². The molecule has 6 heteroatoms. The Kier molecular flexibility index (Phi) is 6.01. The second-order valence-electron chi connectivity index (χ2n) is 6.00. The van der Waals surface area contributed by atoms with Gasteiger partial charge in [0.15, 0.2) is 0 Å². The van der Waals surface area contributed by atoms with Crippen molar-refractivity contribution in [2.24, 2.45) is 0 Å². The lowest BCUT2D eigenvalue weighted by molar-refractivity contribution is 0.0988. The molecular weight excluding hydrogens is 354 g/mol. The quantitative estimate of drug-likeness (QED) is 0.707. The summed E-state index contributed by atoms with van der Waals surface area (Å²) in [7, 11) is 1.56. The summed E-state index contributed by atoms with van der Waals surface area (Å²) in [4.78, 5) is 31.3. The number of anilines is 2. The van der Waals surface area contributed by atoms with E-state index in [1.807, 2.05) is 37.3 Å². The molecule has 6 nitrogen and oxygen atoms in total. The van der Waals surface area contributed by atoms with E-state index in [-0.39, 0.29) is 11.6 Å². The second kappa shape index (κ2) is 8.81. The first-order valence-electron chi connectivity index (χ1n) is 8.90. The zero-order valence-corrected chi connectivity index (χ0v) is 15.8. The highest BCUT2D eigenvalue weighted by Crippen LogP contribution is 2.19. The van der Waals surface area contributed by atoms with Crippen LogP contribution >= 0.6 is 0 Å². The molecule has 142 valence electrons. The summed E-state index contributed by atoms with van der Waals surface area (Å²) >= 11 is 0. The Bertz CT molecular complexity index is 974. The summed E-state index contributed by atoms with van der Waals surface area (Å²) in [6.07, 6.45) is 1.46. The summed E-state index contributed by atoms with van der Waals surface area (Å²) < 4.78 is 5.16. The average Bonchev–Trinajstić information content (AvgIpc) is 2.75. The van der Waals surface area contributed by atoms with Crippen LogP contribution < -0.4 is 15.0 Å². The predicted octanol–water partition coefficient (Wildman–Crippen LogP) is 4.01. The van der Waals surface area contributed by atoms with Crippen molar-refractivity contribution >= 4 is 23.2 Å². The second-order valence-corrected chi connectivity index (χ2v) is 6.00. The summed E-state index contributed by atoms with van der Waals surface area (Å²) in [5.74, 6) is 0.0494. The molecule has 0 saturated carbocycles. The molecule has 0 unspecified atom stereocenters. The third-order valence-corrected chi connectivity index (χ3v) is 4.20. The summed E-state index contributed by atoms with van der Waals surface area (Å²) in [6.45, 7) is 2.42. The summed E-state index contributed by atoms with van der Waals surface area (Å²) in [5.41, 5.74) is 1.95. The Hall–Kier alpha value is -3.67. The van der Waals surface area contributed by atoms with Crippen molar-refractivity contribution in [3.05, 3.63) is 84.2 Å². The Labute approximate surface area is 163 Å². The number of benzene rings is 2. The fourth-order valence-corrected chi connectivity index (χ4v) is 2.79. The van der Waals surface area contributed by atoms with Gasteiger partial charge >= 0.3 is 0 Å². The van der Waals surface area contributed by atoms with Gasteiger partial charge in [0, 0.05) is 35.7 Å². The van der Waals surface area contributed by atoms with Crippen LogP contribution in [-0.2, 0) is 0 Å². The number of nitrogens with one attached hydrogen (secondary N) is 1. The molecule has 1 heterocycles. The van der Waals surface area contributed by atoms with Gasteiger partial charge in [-0.3, -0.25) is 14.6 Å². The molecule has 0 fully saturated rings. The van der Waals surface area contributed by atoms with Crippen LogP contribution in [0.15, 0.2) is 72.9 Å². The number of hydrogen-bond donors (Lipinski definition) is 1. The van der Waals surface area contributed by atoms with Crippen LogP contribution in [-0.4, -0.2) is 30.5 Å². The number of para-hydroxylation sites is 1. The number of nitrogens with zero attached hydrogens (tertiary/aromatic N) is 2. The highest BCUT2D eigenvalue weighted by atomic mass is 16.5. The lowest BCUT2D eigenvalue weighted by atomic mass is 10.1. The molecule has 1 N–H and O–H groups in total. The van der Waals surface area contributed by atoms with Crippen molar-refractivity contribution in [3.8, 4) is 5.75 Å². The van der Waals surface area contributed by atoms with E-state index < -0.39 is 5.91 Å². The van der Waals surface area contributed by atoms with Crippen molar-refractivity contribution in [2.75, 3.05) is 23.9 Å². The molecule has 0 saturated heterocycles. The maximum Gasteiger partial charge on any atom is 0.274 e. The minimum absolute atomic E-state index is 0.165. The number of pyridine rings is 1. The summed E-state index contributed by atoms with van der Waals surface area (Å²) in [5, 5.41) is 2.77. The molecule has 0 aliphatic rings. The molecule has 3 aromatic rings. The molecule has 2 amide bonds. The fraction of sp³-hybridized carbons (Fsp3) is 0.136. The van der Waals surface area contributed by atoms with Gasteiger partial charge in [-0.15, -0.1) is 0 Å². The van der Waals surface area contributed by atoms with Gasteiger partial charge < -0.3 is 15.0 Å². The lowest BCUT2D eigenvalue weighted by Gasteiger charge is -2.21. The van der Waals surface area contributed by atoms with E-state index >= 15 is 0 Å². The molecule has 0 aliphatic carbocycles. The molecule has 0 atom stereocenters. The normalized spacial score (nSPS) is 10.2. The van der Waals surface area contributed by atoms with Gasteiger partial charge in [0.2, 0.25) is 0 Å². The van der Waals surface area contributed by atoms with Crippen LogP contribution in [0.1, 0.15) is 27.8 Å². The number of ether oxygens (including phenoxy) is 1. The first kappa shape index (κ1) is 19.1. The van der Waals surface area contributed by atoms with Gasteiger partial charge in [-0.05, 0) is 43.3 Å². The average molecular weight is 375 g/mol. The lowest BCUT2D eigenvalue weighted by Crippen LogP contribution is -2.30. The highest BCUT2D eigenvalue weighted by molar-refractivity contribution is 6.08. The predicted molar refractivity (Wildman–Crippen MR) is 109 cm³/mol. The molecule has 0 spiro atoms. The Morgan fingerprint density at radius 3 is 2.54 bits per heavy atom. The van der Waals surface area contributed by atoms with Gasteiger partial charge in [0.25, 0.3) is 11.8 Å². The minimum atomic E-state index is -0.398. The number of carbonyl (C=O) groups excluding carboxylic acids is 2. The smallest absolute Gasteiger partial charge is 0.274 e. The third kappa shape index (κ3) is 4.35. The number of methoxy groups -OCH3 is 1. The van der Waals surface area contributed by atoms with Crippen molar-refractivity contribution in [1.82, 2.24) is 4.98 Å². The van der Waals surface area contributed by atoms with Crippen molar-refractivity contribution in [2.45, 2.75) is 6.92 Å². The van der Waals surface area contributed by atoms with Gasteiger partial charge in [0.1, 0.15) is 11.4 Å². The van der Waals surface area contributed by atoms with Gasteiger partial charge in [0.05, 0.1) is 7.11 Å². The summed E-state index contributed by atoms with van der Waals surface area (Å²) in [6, 6.07) is 19.5. The van der Waals surface area contributed by atoms with Gasteiger partial charge in [-0.25, -0.2) is 0 Å². The van der Waals surface area contributed by atoms with E-state index in [0.29, 0.717) is 23.5 Å².